The van der Waals surface area contributed by atoms with Crippen LogP contribution in [0.25, 0.3) is 10.9 Å². The molecule has 0 saturated carbocycles. The van der Waals surface area contributed by atoms with Crippen molar-refractivity contribution in [2.75, 3.05) is 13.7 Å². The monoisotopic (exact) mass is 378 g/mol. The number of hydrogen-bond acceptors (Lipinski definition) is 2. The van der Waals surface area contributed by atoms with Crippen molar-refractivity contribution in [2.24, 2.45) is 0 Å². The van der Waals surface area contributed by atoms with E-state index in [-0.39, 0.29) is 6.04 Å². The molecule has 2 heterocycles. The molecule has 1 atom stereocenters. The molecule has 0 bridgehead atoms. The third-order valence-electron chi connectivity index (χ3n) is 5.56. The van der Waals surface area contributed by atoms with Crippen molar-refractivity contribution in [1.82, 2.24) is 10.3 Å². The third kappa shape index (κ3) is 3.29. The van der Waals surface area contributed by atoms with Crippen LogP contribution in [0, 0.1) is 11.8 Å². The predicted molar refractivity (Wildman–Crippen MR) is 117 cm³/mol. The fourth-order valence-corrected chi connectivity index (χ4v) is 4.12. The van der Waals surface area contributed by atoms with E-state index in [9.17, 15) is 0 Å². The van der Waals surface area contributed by atoms with Crippen LogP contribution in [0.5, 0.6) is 5.75 Å². The first-order valence-electron chi connectivity index (χ1n) is 9.91. The number of rotatable bonds is 2. The van der Waals surface area contributed by atoms with Crippen LogP contribution in [0.2, 0.25) is 0 Å². The summed E-state index contributed by atoms with van der Waals surface area (Å²) in [5.41, 5.74) is 7.11. The van der Waals surface area contributed by atoms with Crippen LogP contribution in [0.15, 0.2) is 72.8 Å². The molecule has 2 N–H and O–H groups in total. The van der Waals surface area contributed by atoms with E-state index < -0.39 is 0 Å². The van der Waals surface area contributed by atoms with Crippen LogP contribution < -0.4 is 10.1 Å². The Hall–Kier alpha value is -3.48. The van der Waals surface area contributed by atoms with Crippen LogP contribution >= 0.6 is 0 Å². The maximum absolute atomic E-state index is 5.23. The van der Waals surface area contributed by atoms with Gasteiger partial charge in [0.2, 0.25) is 0 Å². The Balaban J connectivity index is 1.55. The number of nitrogens with one attached hydrogen (secondary N) is 2. The number of methoxy groups -OCH3 is 1. The molecule has 0 spiro atoms. The van der Waals surface area contributed by atoms with Gasteiger partial charge < -0.3 is 15.0 Å². The van der Waals surface area contributed by atoms with Gasteiger partial charge in [-0.15, -0.1) is 0 Å². The highest BCUT2D eigenvalue weighted by Crippen LogP contribution is 2.34. The number of aromatic nitrogens is 1. The minimum atomic E-state index is 0.118. The molecule has 0 fully saturated rings. The Bertz CT molecular complexity index is 1230. The third-order valence-corrected chi connectivity index (χ3v) is 5.56. The summed E-state index contributed by atoms with van der Waals surface area (Å²) in [4.78, 5) is 3.65. The van der Waals surface area contributed by atoms with Crippen LogP contribution in [0.1, 0.15) is 34.0 Å². The second-order valence-electron chi connectivity index (χ2n) is 7.27. The molecule has 0 saturated heterocycles. The molecule has 0 aliphatic carbocycles. The van der Waals surface area contributed by atoms with E-state index in [2.05, 4.69) is 70.7 Å². The Morgan fingerprint density at radius 2 is 1.69 bits per heavy atom. The second-order valence-corrected chi connectivity index (χ2v) is 7.27. The van der Waals surface area contributed by atoms with Crippen molar-refractivity contribution in [3.8, 4) is 17.6 Å². The molecular weight excluding hydrogens is 356 g/mol. The number of aromatic amines is 1. The number of benzene rings is 3. The Kier molecular flexibility index (Phi) is 4.56. The summed E-state index contributed by atoms with van der Waals surface area (Å²) in [6, 6.07) is 25.0. The van der Waals surface area contributed by atoms with Crippen molar-refractivity contribution in [3.63, 3.8) is 0 Å². The number of ether oxygens (including phenoxy) is 1. The lowest BCUT2D eigenvalue weighted by Crippen LogP contribution is -2.30. The zero-order chi connectivity index (χ0) is 19.6. The largest absolute Gasteiger partial charge is 0.497 e. The van der Waals surface area contributed by atoms with Crippen molar-refractivity contribution in [1.29, 1.82) is 0 Å². The van der Waals surface area contributed by atoms with Gasteiger partial charge in [0, 0.05) is 34.3 Å². The van der Waals surface area contributed by atoms with Gasteiger partial charge in [0.15, 0.2) is 0 Å². The van der Waals surface area contributed by atoms with Crippen molar-refractivity contribution in [3.05, 3.63) is 101 Å². The van der Waals surface area contributed by atoms with Gasteiger partial charge in [-0.2, -0.15) is 0 Å². The highest BCUT2D eigenvalue weighted by molar-refractivity contribution is 5.85. The summed E-state index contributed by atoms with van der Waals surface area (Å²) < 4.78 is 5.23. The van der Waals surface area contributed by atoms with Crippen LogP contribution in [-0.4, -0.2) is 18.6 Å². The molecule has 3 aromatic carbocycles. The van der Waals surface area contributed by atoms with Gasteiger partial charge in [-0.05, 0) is 53.9 Å². The van der Waals surface area contributed by atoms with Gasteiger partial charge in [-0.3, -0.25) is 0 Å². The van der Waals surface area contributed by atoms with E-state index in [1.54, 1.807) is 7.11 Å². The highest BCUT2D eigenvalue weighted by atomic mass is 16.5. The lowest BCUT2D eigenvalue weighted by molar-refractivity contribution is 0.415. The summed E-state index contributed by atoms with van der Waals surface area (Å²) in [5.74, 6) is 7.52. The van der Waals surface area contributed by atoms with Gasteiger partial charge in [0.1, 0.15) is 5.75 Å². The van der Waals surface area contributed by atoms with Crippen molar-refractivity contribution < 1.29 is 4.74 Å². The van der Waals surface area contributed by atoms with Gasteiger partial charge in [-0.25, -0.2) is 0 Å². The van der Waals surface area contributed by atoms with E-state index in [1.165, 1.54) is 27.7 Å². The van der Waals surface area contributed by atoms with Gasteiger partial charge >= 0.3 is 0 Å². The molecule has 1 aromatic heterocycles. The first-order chi connectivity index (χ1) is 14.3. The minimum Gasteiger partial charge on any atom is -0.497 e. The van der Waals surface area contributed by atoms with Gasteiger partial charge in [0.25, 0.3) is 0 Å². The SMILES string of the molecule is COc1ccc(C#Cc2ccccc2C2NCCc3c2[nH]c2ccccc32)cc1. The molecule has 3 heteroatoms. The van der Waals surface area contributed by atoms with Gasteiger partial charge in [0.05, 0.1) is 13.2 Å². The van der Waals surface area contributed by atoms with Crippen molar-refractivity contribution in [2.45, 2.75) is 12.5 Å². The second kappa shape index (κ2) is 7.50. The molecule has 4 aromatic rings. The molecule has 1 aliphatic heterocycles. The molecule has 29 heavy (non-hydrogen) atoms. The number of hydrogen-bond donors (Lipinski definition) is 2. The van der Waals surface area contributed by atoms with E-state index in [4.69, 9.17) is 4.74 Å². The fourth-order valence-electron chi connectivity index (χ4n) is 4.12. The standard InChI is InChI=1S/C26H22N2O/c1-29-20-14-11-18(12-15-20)10-13-19-6-2-3-7-21(19)25-26-23(16-17-27-25)22-8-4-5-9-24(22)28-26/h2-9,11-12,14-15,25,27-28H,16-17H2,1H3. The minimum absolute atomic E-state index is 0.118. The lowest BCUT2D eigenvalue weighted by Gasteiger charge is -2.25. The van der Waals surface area contributed by atoms with E-state index in [0.717, 1.165) is 29.8 Å². The Morgan fingerprint density at radius 1 is 0.897 bits per heavy atom. The predicted octanol–water partition coefficient (Wildman–Crippen LogP) is 4.81. The first-order valence-corrected chi connectivity index (χ1v) is 9.91. The average molecular weight is 378 g/mol. The van der Waals surface area contributed by atoms with Crippen LogP contribution in [0.4, 0.5) is 0 Å². The fraction of sp³-hybridized carbons (Fsp3) is 0.154. The molecule has 0 amide bonds. The quantitative estimate of drug-likeness (QED) is 0.491. The van der Waals surface area contributed by atoms with E-state index >= 15 is 0 Å². The summed E-state index contributed by atoms with van der Waals surface area (Å²) >= 11 is 0. The zero-order valence-electron chi connectivity index (χ0n) is 16.3. The highest BCUT2D eigenvalue weighted by Gasteiger charge is 2.26. The molecule has 1 unspecified atom stereocenters. The van der Waals surface area contributed by atoms with Gasteiger partial charge in [-0.1, -0.05) is 48.2 Å². The topological polar surface area (TPSA) is 37.0 Å². The summed E-state index contributed by atoms with van der Waals surface area (Å²) in [6.07, 6.45) is 1.04. The number of para-hydroxylation sites is 1. The lowest BCUT2D eigenvalue weighted by atomic mass is 9.91. The molecule has 1 aliphatic rings. The number of fused-ring (bicyclic) bond motifs is 3. The normalized spacial score (nSPS) is 15.4. The smallest absolute Gasteiger partial charge is 0.118 e. The molecule has 142 valence electrons. The summed E-state index contributed by atoms with van der Waals surface area (Å²) in [7, 11) is 1.67. The molecule has 3 nitrogen and oxygen atoms in total. The van der Waals surface area contributed by atoms with E-state index in [0.29, 0.717) is 0 Å². The maximum atomic E-state index is 5.23. The molecule has 0 radical (unpaired) electrons. The summed E-state index contributed by atoms with van der Waals surface area (Å²) in [5, 5.41) is 5.02. The summed E-state index contributed by atoms with van der Waals surface area (Å²) in [6.45, 7) is 0.958. The van der Waals surface area contributed by atoms with Crippen LogP contribution in [0.3, 0.4) is 0 Å². The van der Waals surface area contributed by atoms with Crippen LogP contribution in [-0.2, 0) is 6.42 Å². The number of H-pyrrole nitrogens is 1. The Labute approximate surface area is 170 Å². The first kappa shape index (κ1) is 17.6. The molecular formula is C26H22N2O. The maximum Gasteiger partial charge on any atom is 0.118 e. The zero-order valence-corrected chi connectivity index (χ0v) is 16.3. The van der Waals surface area contributed by atoms with Crippen molar-refractivity contribution >= 4 is 10.9 Å². The van der Waals surface area contributed by atoms with E-state index in [1.807, 2.05) is 24.3 Å². The Morgan fingerprint density at radius 3 is 2.55 bits per heavy atom. The molecule has 5 rings (SSSR count). The average Bonchev–Trinajstić information content (AvgIpc) is 3.17.